The van der Waals surface area contributed by atoms with Crippen molar-refractivity contribution in [1.29, 1.82) is 0 Å². The van der Waals surface area contributed by atoms with Crippen LogP contribution in [0.15, 0.2) is 64.2 Å². The highest BCUT2D eigenvalue weighted by Gasteiger charge is 2.21. The van der Waals surface area contributed by atoms with Crippen LogP contribution in [-0.2, 0) is 14.3 Å². The lowest BCUT2D eigenvalue weighted by molar-refractivity contribution is -0.142. The number of benzene rings is 2. The van der Waals surface area contributed by atoms with E-state index in [1.807, 2.05) is 42.5 Å². The van der Waals surface area contributed by atoms with Crippen molar-refractivity contribution in [2.45, 2.75) is 26.0 Å². The fourth-order valence-electron chi connectivity index (χ4n) is 3.26. The van der Waals surface area contributed by atoms with Gasteiger partial charge < -0.3 is 19.0 Å². The van der Waals surface area contributed by atoms with Crippen LogP contribution < -0.4 is 9.80 Å². The number of esters is 1. The zero-order chi connectivity index (χ0) is 23.6. The Morgan fingerprint density at radius 3 is 2.27 bits per heavy atom. The second-order valence-corrected chi connectivity index (χ2v) is 7.93. The molecule has 1 aromatic heterocycles. The number of hydrogen-bond donors (Lipinski definition) is 0. The quantitative estimate of drug-likeness (QED) is 0.304. The fraction of sp³-hybridized carbons (Fsp3) is 0.333. The average molecular weight is 469 g/mol. The van der Waals surface area contributed by atoms with Gasteiger partial charge in [-0.1, -0.05) is 30.0 Å². The summed E-state index contributed by atoms with van der Waals surface area (Å²) in [5.41, 5.74) is 2.56. The summed E-state index contributed by atoms with van der Waals surface area (Å²) in [4.78, 5) is 28.5. The summed E-state index contributed by atoms with van der Waals surface area (Å²) in [5.74, 6) is -0.297. The number of ether oxygens (including phenoxy) is 1. The lowest BCUT2D eigenvalue weighted by atomic mass is 10.2. The molecule has 174 valence electrons. The SMILES string of the molecule is CCOC(=O)CN(C(=O)CSc1nnc(-c2ccc(N(CC)CC)cc2)o1)c1ccccc1. The third-order valence-corrected chi connectivity index (χ3v) is 5.73. The van der Waals surface area contributed by atoms with Gasteiger partial charge in [0.2, 0.25) is 11.8 Å². The van der Waals surface area contributed by atoms with Crippen molar-refractivity contribution in [3.63, 3.8) is 0 Å². The Morgan fingerprint density at radius 2 is 1.64 bits per heavy atom. The first-order chi connectivity index (χ1) is 16.0. The van der Waals surface area contributed by atoms with Crippen LogP contribution >= 0.6 is 11.8 Å². The van der Waals surface area contributed by atoms with Gasteiger partial charge >= 0.3 is 5.97 Å². The van der Waals surface area contributed by atoms with E-state index in [1.165, 1.54) is 4.90 Å². The van der Waals surface area contributed by atoms with E-state index in [2.05, 4.69) is 28.9 Å². The Hall–Kier alpha value is -3.33. The van der Waals surface area contributed by atoms with Gasteiger partial charge in [-0.05, 0) is 57.2 Å². The first-order valence-corrected chi connectivity index (χ1v) is 11.9. The molecule has 33 heavy (non-hydrogen) atoms. The molecule has 0 fully saturated rings. The molecular formula is C24H28N4O4S. The largest absolute Gasteiger partial charge is 0.465 e. The highest BCUT2D eigenvalue weighted by Crippen LogP contribution is 2.26. The van der Waals surface area contributed by atoms with Crippen LogP contribution in [0.1, 0.15) is 20.8 Å². The van der Waals surface area contributed by atoms with Gasteiger partial charge in [-0.3, -0.25) is 9.59 Å². The van der Waals surface area contributed by atoms with Gasteiger partial charge in [0.15, 0.2) is 0 Å². The van der Waals surface area contributed by atoms with Gasteiger partial charge in [-0.15, -0.1) is 10.2 Å². The maximum atomic E-state index is 12.9. The van der Waals surface area contributed by atoms with Crippen molar-refractivity contribution < 1.29 is 18.7 Å². The Morgan fingerprint density at radius 1 is 0.939 bits per heavy atom. The number of para-hydroxylation sites is 1. The summed E-state index contributed by atoms with van der Waals surface area (Å²) in [6.45, 7) is 7.92. The summed E-state index contributed by atoms with van der Waals surface area (Å²) < 4.78 is 10.8. The molecule has 3 aromatic rings. The molecule has 0 atom stereocenters. The Bertz CT molecular complexity index is 1040. The number of rotatable bonds is 11. The molecule has 0 radical (unpaired) electrons. The summed E-state index contributed by atoms with van der Waals surface area (Å²) in [6, 6.07) is 16.9. The van der Waals surface area contributed by atoms with Crippen LogP contribution in [0.5, 0.6) is 0 Å². The third kappa shape index (κ3) is 6.58. The third-order valence-electron chi connectivity index (χ3n) is 4.93. The predicted octanol–water partition coefficient (Wildman–Crippen LogP) is 4.27. The van der Waals surface area contributed by atoms with Gasteiger partial charge in [-0.25, -0.2) is 0 Å². The topological polar surface area (TPSA) is 88.8 Å². The van der Waals surface area contributed by atoms with Crippen LogP contribution in [0.25, 0.3) is 11.5 Å². The van der Waals surface area contributed by atoms with E-state index in [-0.39, 0.29) is 30.0 Å². The van der Waals surface area contributed by atoms with E-state index in [4.69, 9.17) is 9.15 Å². The van der Waals surface area contributed by atoms with Gasteiger partial charge in [-0.2, -0.15) is 0 Å². The van der Waals surface area contributed by atoms with Crippen LogP contribution in [0.2, 0.25) is 0 Å². The molecule has 0 unspecified atom stereocenters. The van der Waals surface area contributed by atoms with Gasteiger partial charge in [0.25, 0.3) is 5.22 Å². The molecule has 0 aliphatic rings. The summed E-state index contributed by atoms with van der Waals surface area (Å²) in [5, 5.41) is 8.44. The highest BCUT2D eigenvalue weighted by molar-refractivity contribution is 7.99. The molecule has 1 heterocycles. The number of aromatic nitrogens is 2. The van der Waals surface area contributed by atoms with Gasteiger partial charge in [0.05, 0.1) is 12.4 Å². The average Bonchev–Trinajstić information content (AvgIpc) is 3.32. The van der Waals surface area contributed by atoms with Gasteiger partial charge in [0.1, 0.15) is 6.54 Å². The normalized spacial score (nSPS) is 10.6. The maximum Gasteiger partial charge on any atom is 0.326 e. The summed E-state index contributed by atoms with van der Waals surface area (Å²) in [7, 11) is 0. The van der Waals surface area contributed by atoms with Crippen molar-refractivity contribution in [2.24, 2.45) is 0 Å². The molecular weight excluding hydrogens is 440 g/mol. The molecule has 0 bridgehead atoms. The predicted molar refractivity (Wildman–Crippen MR) is 129 cm³/mol. The van der Waals surface area contributed by atoms with E-state index in [1.54, 1.807) is 19.1 Å². The van der Waals surface area contributed by atoms with Crippen LogP contribution in [-0.4, -0.2) is 54.1 Å². The molecule has 8 nitrogen and oxygen atoms in total. The molecule has 9 heteroatoms. The number of amides is 1. The minimum atomic E-state index is -0.465. The van der Waals surface area contributed by atoms with Crippen molar-refractivity contribution in [2.75, 3.05) is 41.8 Å². The molecule has 1 amide bonds. The van der Waals surface area contributed by atoms with Crippen molar-refractivity contribution in [1.82, 2.24) is 10.2 Å². The molecule has 3 rings (SSSR count). The van der Waals surface area contributed by atoms with Crippen LogP contribution in [0, 0.1) is 0 Å². The van der Waals surface area contributed by atoms with Crippen molar-refractivity contribution in [3.05, 3.63) is 54.6 Å². The minimum Gasteiger partial charge on any atom is -0.465 e. The number of nitrogens with zero attached hydrogens (tertiary/aromatic N) is 4. The van der Waals surface area contributed by atoms with Crippen molar-refractivity contribution >= 4 is 35.0 Å². The Kier molecular flexibility index (Phi) is 8.88. The Labute approximate surface area is 197 Å². The number of carbonyl (C=O) groups excluding carboxylic acids is 2. The number of hydrogen-bond acceptors (Lipinski definition) is 8. The lowest BCUT2D eigenvalue weighted by Crippen LogP contribution is -2.37. The molecule has 0 saturated heterocycles. The fourth-order valence-corrected chi connectivity index (χ4v) is 3.90. The standard InChI is InChI=1S/C24H28N4O4S/c1-4-27(5-2)19-14-12-18(13-15-19)23-25-26-24(32-23)33-17-21(29)28(16-22(30)31-6-3)20-10-8-7-9-11-20/h7-15H,4-6,16-17H2,1-3H3. The summed E-state index contributed by atoms with van der Waals surface area (Å²) in [6.07, 6.45) is 0. The maximum absolute atomic E-state index is 12.9. The van der Waals surface area contributed by atoms with Crippen LogP contribution in [0.3, 0.4) is 0 Å². The zero-order valence-corrected chi connectivity index (χ0v) is 19.9. The molecule has 0 saturated carbocycles. The van der Waals surface area contributed by atoms with E-state index in [0.717, 1.165) is 36.1 Å². The van der Waals surface area contributed by atoms with E-state index in [9.17, 15) is 9.59 Å². The van der Waals surface area contributed by atoms with Crippen molar-refractivity contribution in [3.8, 4) is 11.5 Å². The number of carbonyl (C=O) groups is 2. The Balaban J connectivity index is 1.65. The second-order valence-electron chi connectivity index (χ2n) is 7.00. The minimum absolute atomic E-state index is 0.0385. The first-order valence-electron chi connectivity index (χ1n) is 10.9. The number of thioether (sulfide) groups is 1. The molecule has 0 aliphatic heterocycles. The first kappa shape index (κ1) is 24.3. The van der Waals surface area contributed by atoms with E-state index < -0.39 is 5.97 Å². The molecule has 0 N–H and O–H groups in total. The molecule has 0 aliphatic carbocycles. The molecule has 0 spiro atoms. The monoisotopic (exact) mass is 468 g/mol. The highest BCUT2D eigenvalue weighted by atomic mass is 32.2. The van der Waals surface area contributed by atoms with Crippen LogP contribution in [0.4, 0.5) is 11.4 Å². The van der Waals surface area contributed by atoms with E-state index in [0.29, 0.717) is 11.6 Å². The zero-order valence-electron chi connectivity index (χ0n) is 19.1. The number of anilines is 2. The lowest BCUT2D eigenvalue weighted by Gasteiger charge is -2.21. The second kappa shape index (κ2) is 12.1. The summed E-state index contributed by atoms with van der Waals surface area (Å²) >= 11 is 1.13. The smallest absolute Gasteiger partial charge is 0.326 e. The molecule has 2 aromatic carbocycles. The van der Waals surface area contributed by atoms with E-state index >= 15 is 0 Å². The van der Waals surface area contributed by atoms with Gasteiger partial charge in [0, 0.05) is 30.0 Å².